The van der Waals surface area contributed by atoms with Gasteiger partial charge in [-0.05, 0) is 18.8 Å². The molecule has 0 aliphatic rings. The van der Waals surface area contributed by atoms with E-state index in [4.69, 9.17) is 0 Å². The summed E-state index contributed by atoms with van der Waals surface area (Å²) in [5, 5.41) is 0. The molecule has 1 heteroatoms. The molecule has 72 valence electrons. The van der Waals surface area contributed by atoms with Crippen LogP contribution in [-0.2, 0) is 4.79 Å². The molecule has 0 unspecified atom stereocenters. The second-order valence-corrected chi connectivity index (χ2v) is 4.21. The van der Waals surface area contributed by atoms with Gasteiger partial charge in [0.05, 0.1) is 0 Å². The first kappa shape index (κ1) is 11.7. The predicted molar refractivity (Wildman–Crippen MR) is 53.2 cm³/mol. The van der Waals surface area contributed by atoms with Gasteiger partial charge in [0, 0.05) is 5.41 Å². The largest absolute Gasteiger partial charge is 0.303 e. The Kier molecular flexibility index (Phi) is 5.19. The van der Waals surface area contributed by atoms with Gasteiger partial charge in [-0.1, -0.05) is 40.5 Å². The van der Waals surface area contributed by atoms with Gasteiger partial charge in [0.2, 0.25) is 0 Å². The van der Waals surface area contributed by atoms with Crippen molar-refractivity contribution in [3.63, 3.8) is 0 Å². The van der Waals surface area contributed by atoms with Crippen LogP contribution < -0.4 is 0 Å². The van der Waals surface area contributed by atoms with Crippen molar-refractivity contribution in [2.75, 3.05) is 0 Å². The molecule has 0 saturated carbocycles. The summed E-state index contributed by atoms with van der Waals surface area (Å²) in [4.78, 5) is 10.8. The molecule has 0 spiro atoms. The summed E-state index contributed by atoms with van der Waals surface area (Å²) in [6, 6.07) is 0. The topological polar surface area (TPSA) is 17.1 Å². The van der Waals surface area contributed by atoms with Crippen molar-refractivity contribution in [1.29, 1.82) is 0 Å². The molecule has 0 bridgehead atoms. The molecular weight excluding hydrogens is 148 g/mol. The van der Waals surface area contributed by atoms with Crippen molar-refractivity contribution in [3.05, 3.63) is 0 Å². The van der Waals surface area contributed by atoms with Crippen molar-refractivity contribution < 1.29 is 4.79 Å². The van der Waals surface area contributed by atoms with Gasteiger partial charge in [0.1, 0.15) is 6.29 Å². The third-order valence-electron chi connectivity index (χ3n) is 2.63. The highest BCUT2D eigenvalue weighted by atomic mass is 16.1. The normalized spacial score (nSPS) is 12.1. The van der Waals surface area contributed by atoms with E-state index < -0.39 is 0 Å². The molecule has 0 rings (SSSR count). The van der Waals surface area contributed by atoms with Crippen molar-refractivity contribution in [3.8, 4) is 0 Å². The quantitative estimate of drug-likeness (QED) is 0.558. The lowest BCUT2D eigenvalue weighted by Crippen LogP contribution is -2.25. The summed E-state index contributed by atoms with van der Waals surface area (Å²) in [5.41, 5.74) is -0.119. The summed E-state index contributed by atoms with van der Waals surface area (Å²) in [6.45, 7) is 8.47. The standard InChI is InChI=1S/C11H22O/c1-5-7-10(8-6-2)11(3,4)9-12/h9-10H,5-8H2,1-4H3. The number of carbonyl (C=O) groups is 1. The zero-order valence-electron chi connectivity index (χ0n) is 8.89. The number of aldehydes is 1. The van der Waals surface area contributed by atoms with E-state index >= 15 is 0 Å². The fourth-order valence-electron chi connectivity index (χ4n) is 1.68. The Bertz CT molecular complexity index is 121. The van der Waals surface area contributed by atoms with E-state index in [1.165, 1.54) is 25.7 Å². The lowest BCUT2D eigenvalue weighted by Gasteiger charge is -2.28. The molecule has 0 radical (unpaired) electrons. The van der Waals surface area contributed by atoms with Crippen molar-refractivity contribution in [2.24, 2.45) is 11.3 Å². The Morgan fingerprint density at radius 1 is 1.17 bits per heavy atom. The van der Waals surface area contributed by atoms with Crippen molar-refractivity contribution in [1.82, 2.24) is 0 Å². The van der Waals surface area contributed by atoms with E-state index in [0.717, 1.165) is 6.29 Å². The summed E-state index contributed by atoms with van der Waals surface area (Å²) in [6.07, 6.45) is 5.84. The molecule has 0 fully saturated rings. The number of hydrogen-bond acceptors (Lipinski definition) is 1. The molecule has 0 aliphatic heterocycles. The zero-order valence-corrected chi connectivity index (χ0v) is 8.89. The maximum atomic E-state index is 10.8. The van der Waals surface area contributed by atoms with Crippen LogP contribution in [0.2, 0.25) is 0 Å². The summed E-state index contributed by atoms with van der Waals surface area (Å²) < 4.78 is 0. The minimum absolute atomic E-state index is 0.119. The number of carbonyl (C=O) groups excluding carboxylic acids is 1. The van der Waals surface area contributed by atoms with Gasteiger partial charge in [-0.25, -0.2) is 0 Å². The Morgan fingerprint density at radius 2 is 1.58 bits per heavy atom. The van der Waals surface area contributed by atoms with Gasteiger partial charge < -0.3 is 4.79 Å². The van der Waals surface area contributed by atoms with Crippen LogP contribution in [0.15, 0.2) is 0 Å². The third-order valence-corrected chi connectivity index (χ3v) is 2.63. The first-order valence-electron chi connectivity index (χ1n) is 5.04. The predicted octanol–water partition coefficient (Wildman–Crippen LogP) is 3.43. The molecule has 0 atom stereocenters. The molecule has 0 amide bonds. The SMILES string of the molecule is CCCC(CCC)C(C)(C)C=O. The fourth-order valence-corrected chi connectivity index (χ4v) is 1.68. The maximum Gasteiger partial charge on any atom is 0.125 e. The molecular formula is C11H22O. The van der Waals surface area contributed by atoms with Crippen LogP contribution in [0, 0.1) is 11.3 Å². The summed E-state index contributed by atoms with van der Waals surface area (Å²) >= 11 is 0. The van der Waals surface area contributed by atoms with Gasteiger partial charge >= 0.3 is 0 Å². The molecule has 1 nitrogen and oxygen atoms in total. The highest BCUT2D eigenvalue weighted by Gasteiger charge is 2.27. The monoisotopic (exact) mass is 170 g/mol. The highest BCUT2D eigenvalue weighted by Crippen LogP contribution is 2.31. The number of hydrogen-bond donors (Lipinski definition) is 0. The number of rotatable bonds is 6. The fraction of sp³-hybridized carbons (Fsp3) is 0.909. The minimum Gasteiger partial charge on any atom is -0.303 e. The van der Waals surface area contributed by atoms with E-state index in [9.17, 15) is 4.79 Å². The first-order valence-corrected chi connectivity index (χ1v) is 5.04. The summed E-state index contributed by atoms with van der Waals surface area (Å²) in [7, 11) is 0. The van der Waals surface area contributed by atoms with E-state index in [1.807, 2.05) is 0 Å². The Labute approximate surface area is 76.6 Å². The minimum atomic E-state index is -0.119. The Morgan fingerprint density at radius 3 is 1.83 bits per heavy atom. The van der Waals surface area contributed by atoms with Crippen molar-refractivity contribution in [2.45, 2.75) is 53.4 Å². The second kappa shape index (κ2) is 5.34. The zero-order chi connectivity index (χ0) is 9.61. The van der Waals surface area contributed by atoms with Gasteiger partial charge in [0.25, 0.3) is 0 Å². The molecule has 0 aromatic rings. The summed E-state index contributed by atoms with van der Waals surface area (Å²) in [5.74, 6) is 0.574. The van der Waals surface area contributed by atoms with Gasteiger partial charge in [-0.3, -0.25) is 0 Å². The molecule has 0 heterocycles. The molecule has 0 saturated heterocycles. The lowest BCUT2D eigenvalue weighted by atomic mass is 9.75. The third kappa shape index (κ3) is 3.38. The second-order valence-electron chi connectivity index (χ2n) is 4.21. The first-order chi connectivity index (χ1) is 5.58. The Hall–Kier alpha value is -0.330. The van der Waals surface area contributed by atoms with Crippen LogP contribution in [0.1, 0.15) is 53.4 Å². The van der Waals surface area contributed by atoms with E-state index in [2.05, 4.69) is 27.7 Å². The molecule has 0 aromatic heterocycles. The van der Waals surface area contributed by atoms with Crippen LogP contribution in [0.3, 0.4) is 0 Å². The van der Waals surface area contributed by atoms with Gasteiger partial charge in [-0.15, -0.1) is 0 Å². The Balaban J connectivity index is 4.16. The van der Waals surface area contributed by atoms with E-state index in [-0.39, 0.29) is 5.41 Å². The average Bonchev–Trinajstić information content (AvgIpc) is 2.04. The molecule has 0 aliphatic carbocycles. The van der Waals surface area contributed by atoms with Crippen LogP contribution in [0.5, 0.6) is 0 Å². The van der Waals surface area contributed by atoms with E-state index in [0.29, 0.717) is 5.92 Å². The van der Waals surface area contributed by atoms with Crippen LogP contribution in [0.25, 0.3) is 0 Å². The molecule has 12 heavy (non-hydrogen) atoms. The highest BCUT2D eigenvalue weighted by molar-refractivity contribution is 5.58. The van der Waals surface area contributed by atoms with Gasteiger partial charge in [-0.2, -0.15) is 0 Å². The lowest BCUT2D eigenvalue weighted by molar-refractivity contribution is -0.117. The average molecular weight is 170 g/mol. The van der Waals surface area contributed by atoms with Crippen LogP contribution >= 0.6 is 0 Å². The van der Waals surface area contributed by atoms with Gasteiger partial charge in [0.15, 0.2) is 0 Å². The van der Waals surface area contributed by atoms with Crippen LogP contribution in [-0.4, -0.2) is 6.29 Å². The van der Waals surface area contributed by atoms with E-state index in [1.54, 1.807) is 0 Å². The smallest absolute Gasteiger partial charge is 0.125 e. The molecule has 0 N–H and O–H groups in total. The maximum absolute atomic E-state index is 10.8. The van der Waals surface area contributed by atoms with Crippen LogP contribution in [0.4, 0.5) is 0 Å². The van der Waals surface area contributed by atoms with Crippen molar-refractivity contribution >= 4 is 6.29 Å². The molecule has 0 aromatic carbocycles.